The van der Waals surface area contributed by atoms with Crippen LogP contribution in [0.4, 0.5) is 0 Å². The standard InChI is InChI=1S/C9H19N/c1-4-7(2)8-5-6-9(8)10-3/h7-10H,4-6H2,1-3H3. The zero-order valence-corrected chi connectivity index (χ0v) is 7.35. The molecule has 1 nitrogen and oxygen atoms in total. The summed E-state index contributed by atoms with van der Waals surface area (Å²) < 4.78 is 0. The summed E-state index contributed by atoms with van der Waals surface area (Å²) >= 11 is 0. The molecule has 1 fully saturated rings. The molecular weight excluding hydrogens is 122 g/mol. The smallest absolute Gasteiger partial charge is 0.00949 e. The highest BCUT2D eigenvalue weighted by Gasteiger charge is 2.32. The molecule has 0 amide bonds. The summed E-state index contributed by atoms with van der Waals surface area (Å²) in [6.45, 7) is 4.66. The van der Waals surface area contributed by atoms with E-state index in [2.05, 4.69) is 26.2 Å². The van der Waals surface area contributed by atoms with E-state index in [-0.39, 0.29) is 0 Å². The topological polar surface area (TPSA) is 12.0 Å². The molecule has 1 saturated carbocycles. The van der Waals surface area contributed by atoms with Crippen molar-refractivity contribution in [2.75, 3.05) is 7.05 Å². The summed E-state index contributed by atoms with van der Waals surface area (Å²) in [7, 11) is 2.08. The molecule has 3 atom stereocenters. The summed E-state index contributed by atoms with van der Waals surface area (Å²) in [6.07, 6.45) is 4.18. The van der Waals surface area contributed by atoms with E-state index in [9.17, 15) is 0 Å². The number of hydrogen-bond donors (Lipinski definition) is 1. The van der Waals surface area contributed by atoms with Crippen LogP contribution in [0, 0.1) is 11.8 Å². The maximum atomic E-state index is 3.37. The van der Waals surface area contributed by atoms with E-state index in [4.69, 9.17) is 0 Å². The summed E-state index contributed by atoms with van der Waals surface area (Å²) in [4.78, 5) is 0. The molecule has 0 aromatic heterocycles. The lowest BCUT2D eigenvalue weighted by Crippen LogP contribution is -2.44. The molecule has 0 spiro atoms. The first-order valence-electron chi connectivity index (χ1n) is 4.46. The molecule has 1 aliphatic rings. The molecule has 0 heterocycles. The summed E-state index contributed by atoms with van der Waals surface area (Å²) in [5, 5.41) is 3.37. The molecule has 10 heavy (non-hydrogen) atoms. The Morgan fingerprint density at radius 1 is 1.50 bits per heavy atom. The summed E-state index contributed by atoms with van der Waals surface area (Å²) in [5.41, 5.74) is 0. The average molecular weight is 141 g/mol. The Labute approximate surface area is 64.2 Å². The molecule has 1 heteroatoms. The van der Waals surface area contributed by atoms with Crippen LogP contribution >= 0.6 is 0 Å². The van der Waals surface area contributed by atoms with Crippen molar-refractivity contribution in [3.05, 3.63) is 0 Å². The molecule has 0 aromatic carbocycles. The molecule has 60 valence electrons. The van der Waals surface area contributed by atoms with Gasteiger partial charge in [-0.2, -0.15) is 0 Å². The van der Waals surface area contributed by atoms with Gasteiger partial charge in [0, 0.05) is 6.04 Å². The van der Waals surface area contributed by atoms with Gasteiger partial charge in [-0.3, -0.25) is 0 Å². The van der Waals surface area contributed by atoms with Crippen molar-refractivity contribution in [2.45, 2.75) is 39.2 Å². The Bertz CT molecular complexity index is 92.1. The zero-order valence-electron chi connectivity index (χ0n) is 7.35. The molecule has 0 aliphatic heterocycles. The Kier molecular flexibility index (Phi) is 2.72. The highest BCUT2D eigenvalue weighted by Crippen LogP contribution is 2.34. The van der Waals surface area contributed by atoms with Gasteiger partial charge in [0.15, 0.2) is 0 Å². The van der Waals surface area contributed by atoms with Gasteiger partial charge in [0.05, 0.1) is 0 Å². The summed E-state index contributed by atoms with van der Waals surface area (Å²) in [6, 6.07) is 0.829. The van der Waals surface area contributed by atoms with Crippen molar-refractivity contribution in [2.24, 2.45) is 11.8 Å². The van der Waals surface area contributed by atoms with Crippen LogP contribution in [0.25, 0.3) is 0 Å². The van der Waals surface area contributed by atoms with Gasteiger partial charge >= 0.3 is 0 Å². The van der Waals surface area contributed by atoms with Gasteiger partial charge in [0.2, 0.25) is 0 Å². The van der Waals surface area contributed by atoms with Crippen molar-refractivity contribution >= 4 is 0 Å². The van der Waals surface area contributed by atoms with E-state index in [1.54, 1.807) is 0 Å². The average Bonchev–Trinajstić information content (AvgIpc) is 1.86. The number of rotatable bonds is 3. The highest BCUT2D eigenvalue weighted by atomic mass is 14.9. The Hall–Kier alpha value is -0.0400. The first-order valence-corrected chi connectivity index (χ1v) is 4.46. The zero-order chi connectivity index (χ0) is 7.56. The molecule has 1 aliphatic carbocycles. The van der Waals surface area contributed by atoms with Crippen molar-refractivity contribution in [1.82, 2.24) is 5.32 Å². The van der Waals surface area contributed by atoms with Crippen LogP contribution in [0.2, 0.25) is 0 Å². The van der Waals surface area contributed by atoms with Crippen LogP contribution in [-0.2, 0) is 0 Å². The second-order valence-corrected chi connectivity index (χ2v) is 3.52. The monoisotopic (exact) mass is 141 g/mol. The first-order chi connectivity index (χ1) is 4.79. The highest BCUT2D eigenvalue weighted by molar-refractivity contribution is 4.88. The minimum Gasteiger partial charge on any atom is -0.317 e. The van der Waals surface area contributed by atoms with Crippen LogP contribution in [0.15, 0.2) is 0 Å². The van der Waals surface area contributed by atoms with Gasteiger partial charge in [-0.05, 0) is 31.7 Å². The summed E-state index contributed by atoms with van der Waals surface area (Å²) in [5.74, 6) is 1.89. The van der Waals surface area contributed by atoms with Crippen LogP contribution < -0.4 is 5.32 Å². The van der Waals surface area contributed by atoms with Crippen molar-refractivity contribution in [1.29, 1.82) is 0 Å². The third-order valence-electron chi connectivity index (χ3n) is 3.07. The lowest BCUT2D eigenvalue weighted by molar-refractivity contribution is 0.149. The minimum atomic E-state index is 0.829. The molecule has 1 N–H and O–H groups in total. The van der Waals surface area contributed by atoms with Gasteiger partial charge in [-0.1, -0.05) is 20.3 Å². The molecule has 3 unspecified atom stereocenters. The first kappa shape index (κ1) is 8.06. The van der Waals surface area contributed by atoms with Gasteiger partial charge in [-0.15, -0.1) is 0 Å². The third-order valence-corrected chi connectivity index (χ3v) is 3.07. The Morgan fingerprint density at radius 2 is 2.20 bits per heavy atom. The number of nitrogens with one attached hydrogen (secondary N) is 1. The van der Waals surface area contributed by atoms with E-state index >= 15 is 0 Å². The van der Waals surface area contributed by atoms with E-state index in [1.807, 2.05) is 0 Å². The van der Waals surface area contributed by atoms with Crippen molar-refractivity contribution < 1.29 is 0 Å². The largest absolute Gasteiger partial charge is 0.317 e. The molecule has 1 rings (SSSR count). The van der Waals surface area contributed by atoms with Gasteiger partial charge in [0.25, 0.3) is 0 Å². The second kappa shape index (κ2) is 3.38. The van der Waals surface area contributed by atoms with Crippen molar-refractivity contribution in [3.63, 3.8) is 0 Å². The maximum Gasteiger partial charge on any atom is 0.00949 e. The normalized spacial score (nSPS) is 35.1. The van der Waals surface area contributed by atoms with E-state index in [0.29, 0.717) is 0 Å². The molecule has 0 radical (unpaired) electrons. The molecule has 0 saturated heterocycles. The van der Waals surface area contributed by atoms with Crippen LogP contribution in [0.5, 0.6) is 0 Å². The van der Waals surface area contributed by atoms with Crippen molar-refractivity contribution in [3.8, 4) is 0 Å². The van der Waals surface area contributed by atoms with E-state index < -0.39 is 0 Å². The van der Waals surface area contributed by atoms with E-state index in [0.717, 1.165) is 17.9 Å². The van der Waals surface area contributed by atoms with Crippen LogP contribution in [0.3, 0.4) is 0 Å². The molecule has 0 aromatic rings. The van der Waals surface area contributed by atoms with Gasteiger partial charge in [0.1, 0.15) is 0 Å². The second-order valence-electron chi connectivity index (χ2n) is 3.52. The fraction of sp³-hybridized carbons (Fsp3) is 1.00. The fourth-order valence-electron chi connectivity index (χ4n) is 1.87. The molecular formula is C9H19N. The van der Waals surface area contributed by atoms with Crippen LogP contribution in [0.1, 0.15) is 33.1 Å². The predicted molar refractivity (Wildman–Crippen MR) is 45.0 cm³/mol. The quantitative estimate of drug-likeness (QED) is 0.634. The third kappa shape index (κ3) is 1.34. The Balaban J connectivity index is 2.27. The van der Waals surface area contributed by atoms with E-state index in [1.165, 1.54) is 19.3 Å². The van der Waals surface area contributed by atoms with Gasteiger partial charge in [-0.25, -0.2) is 0 Å². The Morgan fingerprint density at radius 3 is 2.50 bits per heavy atom. The fourth-order valence-corrected chi connectivity index (χ4v) is 1.87. The van der Waals surface area contributed by atoms with Gasteiger partial charge < -0.3 is 5.32 Å². The SMILES string of the molecule is CCC(C)C1CCC1NC. The van der Waals surface area contributed by atoms with Crippen LogP contribution in [-0.4, -0.2) is 13.1 Å². The molecule has 0 bridgehead atoms. The lowest BCUT2D eigenvalue weighted by atomic mass is 9.71. The maximum absolute atomic E-state index is 3.37. The predicted octanol–water partition coefficient (Wildman–Crippen LogP) is 2.03. The minimum absolute atomic E-state index is 0.829. The lowest BCUT2D eigenvalue weighted by Gasteiger charge is -2.40. The number of hydrogen-bond acceptors (Lipinski definition) is 1.